The van der Waals surface area contributed by atoms with E-state index in [0.717, 1.165) is 63.0 Å². The lowest BCUT2D eigenvalue weighted by atomic mass is 10.2. The number of carbonyl (C=O) groups excluding carboxylic acids is 2. The number of benzene rings is 1. The molecule has 4 rings (SSSR count). The fourth-order valence-corrected chi connectivity index (χ4v) is 4.63. The van der Waals surface area contributed by atoms with Crippen molar-refractivity contribution in [2.75, 3.05) is 50.7 Å². The lowest BCUT2D eigenvalue weighted by Crippen LogP contribution is -2.47. The van der Waals surface area contributed by atoms with Crippen molar-refractivity contribution >= 4 is 33.6 Å². The summed E-state index contributed by atoms with van der Waals surface area (Å²) >= 11 is 3.53. The maximum absolute atomic E-state index is 12.3. The minimum Gasteiger partial charge on any atom is -0.369 e. The third-order valence-corrected chi connectivity index (χ3v) is 6.18. The molecule has 0 aromatic heterocycles. The Kier molecular flexibility index (Phi) is 5.18. The topological polar surface area (TPSA) is 47.1 Å². The number of carbonyl (C=O) groups is 2. The van der Waals surface area contributed by atoms with Crippen molar-refractivity contribution in [2.24, 2.45) is 0 Å². The molecule has 3 aliphatic heterocycles. The Labute approximate surface area is 162 Å². The number of anilines is 1. The molecule has 1 atom stereocenters. The van der Waals surface area contributed by atoms with Crippen LogP contribution in [0.1, 0.15) is 19.3 Å². The van der Waals surface area contributed by atoms with E-state index >= 15 is 0 Å². The Balaban J connectivity index is 1.22. The van der Waals surface area contributed by atoms with Crippen molar-refractivity contribution in [3.05, 3.63) is 28.7 Å². The second-order valence-corrected chi connectivity index (χ2v) is 8.20. The van der Waals surface area contributed by atoms with Gasteiger partial charge in [-0.1, -0.05) is 22.0 Å². The Morgan fingerprint density at radius 3 is 2.58 bits per heavy atom. The first-order valence-corrected chi connectivity index (χ1v) is 10.3. The number of hydrogen-bond donors (Lipinski definition) is 0. The smallest absolute Gasteiger partial charge is 0.327 e. The maximum atomic E-state index is 12.3. The molecule has 0 unspecified atom stereocenters. The average Bonchev–Trinajstić information content (AvgIpc) is 3.22. The third kappa shape index (κ3) is 3.47. The van der Waals surface area contributed by atoms with Gasteiger partial charge in [-0.05, 0) is 44.0 Å². The maximum Gasteiger partial charge on any atom is 0.327 e. The van der Waals surface area contributed by atoms with Crippen molar-refractivity contribution in [3.8, 4) is 0 Å². The quantitative estimate of drug-likeness (QED) is 0.686. The third-order valence-electron chi connectivity index (χ3n) is 5.68. The summed E-state index contributed by atoms with van der Waals surface area (Å²) in [6.07, 6.45) is 2.64. The Morgan fingerprint density at radius 1 is 1.04 bits per heavy atom. The number of imide groups is 1. The fraction of sp³-hybridized carbons (Fsp3) is 0.579. The van der Waals surface area contributed by atoms with E-state index in [2.05, 4.69) is 43.9 Å². The zero-order valence-corrected chi connectivity index (χ0v) is 16.5. The highest BCUT2D eigenvalue weighted by Gasteiger charge is 2.46. The first-order valence-electron chi connectivity index (χ1n) is 9.48. The highest BCUT2D eigenvalue weighted by molar-refractivity contribution is 9.10. The van der Waals surface area contributed by atoms with Crippen molar-refractivity contribution in [3.63, 3.8) is 0 Å². The minimum absolute atomic E-state index is 0.0203. The Morgan fingerprint density at radius 2 is 1.85 bits per heavy atom. The highest BCUT2D eigenvalue weighted by atomic mass is 79.9. The van der Waals surface area contributed by atoms with E-state index in [1.807, 2.05) is 6.07 Å². The predicted octanol–water partition coefficient (Wildman–Crippen LogP) is 2.39. The number of rotatable bonds is 5. The van der Waals surface area contributed by atoms with E-state index in [1.165, 1.54) is 10.6 Å². The van der Waals surface area contributed by atoms with E-state index in [4.69, 9.17) is 0 Å². The van der Waals surface area contributed by atoms with E-state index in [1.54, 1.807) is 4.90 Å². The molecule has 0 saturated carbocycles. The van der Waals surface area contributed by atoms with Gasteiger partial charge in [-0.15, -0.1) is 0 Å². The molecule has 3 saturated heterocycles. The standard InChI is InChI=1S/C19H25BrN4O2/c20-15-4-1-5-16(14-15)22-12-10-21(11-13-22)7-3-9-24-18(25)17-6-2-8-23(17)19(24)26/h1,4-5,14,17H,2-3,6-13H2/t17-/m0/s1. The monoisotopic (exact) mass is 420 g/mol. The van der Waals surface area contributed by atoms with E-state index < -0.39 is 0 Å². The van der Waals surface area contributed by atoms with Gasteiger partial charge in [0, 0.05) is 49.4 Å². The van der Waals surface area contributed by atoms with Crippen LogP contribution >= 0.6 is 15.9 Å². The van der Waals surface area contributed by atoms with Crippen molar-refractivity contribution in [2.45, 2.75) is 25.3 Å². The van der Waals surface area contributed by atoms with Gasteiger partial charge in [0.05, 0.1) is 0 Å². The largest absolute Gasteiger partial charge is 0.369 e. The van der Waals surface area contributed by atoms with Crippen LogP contribution in [0.4, 0.5) is 10.5 Å². The van der Waals surface area contributed by atoms with Crippen molar-refractivity contribution in [1.29, 1.82) is 0 Å². The van der Waals surface area contributed by atoms with Gasteiger partial charge in [0.15, 0.2) is 0 Å². The minimum atomic E-state index is -0.170. The van der Waals surface area contributed by atoms with Crippen LogP contribution in [0.2, 0.25) is 0 Å². The number of piperazine rings is 1. The number of nitrogens with zero attached hydrogens (tertiary/aromatic N) is 4. The van der Waals surface area contributed by atoms with Gasteiger partial charge in [0.25, 0.3) is 5.91 Å². The zero-order valence-electron chi connectivity index (χ0n) is 14.9. The molecular formula is C19H25BrN4O2. The van der Waals surface area contributed by atoms with Crippen molar-refractivity contribution in [1.82, 2.24) is 14.7 Å². The highest BCUT2D eigenvalue weighted by Crippen LogP contribution is 2.27. The molecule has 26 heavy (non-hydrogen) atoms. The molecule has 3 fully saturated rings. The summed E-state index contributed by atoms with van der Waals surface area (Å²) in [7, 11) is 0. The van der Waals surface area contributed by atoms with Crippen LogP contribution in [0.25, 0.3) is 0 Å². The van der Waals surface area contributed by atoms with E-state index in [-0.39, 0.29) is 18.0 Å². The molecule has 0 bridgehead atoms. The number of halogens is 1. The molecule has 0 radical (unpaired) electrons. The number of urea groups is 1. The number of fused-ring (bicyclic) bond motifs is 1. The molecule has 7 heteroatoms. The molecule has 0 spiro atoms. The molecule has 1 aromatic rings. The second kappa shape index (κ2) is 7.56. The van der Waals surface area contributed by atoms with Gasteiger partial charge in [-0.25, -0.2) is 4.79 Å². The SMILES string of the molecule is O=C1[C@@H]2CCCN2C(=O)N1CCCN1CCN(c2cccc(Br)c2)CC1. The molecular weight excluding hydrogens is 396 g/mol. The van der Waals surface area contributed by atoms with Crippen LogP contribution in [0.15, 0.2) is 28.7 Å². The molecule has 0 N–H and O–H groups in total. The first-order chi connectivity index (χ1) is 12.6. The summed E-state index contributed by atoms with van der Waals surface area (Å²) in [5.41, 5.74) is 1.26. The summed E-state index contributed by atoms with van der Waals surface area (Å²) in [4.78, 5) is 32.7. The predicted molar refractivity (Wildman–Crippen MR) is 104 cm³/mol. The van der Waals surface area contributed by atoms with Crippen molar-refractivity contribution < 1.29 is 9.59 Å². The van der Waals surface area contributed by atoms with Gasteiger partial charge >= 0.3 is 6.03 Å². The van der Waals surface area contributed by atoms with Crippen LogP contribution in [0.3, 0.4) is 0 Å². The second-order valence-electron chi connectivity index (χ2n) is 7.29. The Hall–Kier alpha value is -1.60. The number of amides is 3. The number of hydrogen-bond acceptors (Lipinski definition) is 4. The van der Waals surface area contributed by atoms with Crippen LogP contribution < -0.4 is 4.90 Å². The fourth-order valence-electron chi connectivity index (χ4n) is 4.24. The summed E-state index contributed by atoms with van der Waals surface area (Å²) in [6, 6.07) is 8.18. The van der Waals surface area contributed by atoms with E-state index in [0.29, 0.717) is 6.54 Å². The van der Waals surface area contributed by atoms with E-state index in [9.17, 15) is 9.59 Å². The van der Waals surface area contributed by atoms with Crippen LogP contribution in [0.5, 0.6) is 0 Å². The lowest BCUT2D eigenvalue weighted by molar-refractivity contribution is -0.128. The van der Waals surface area contributed by atoms with Gasteiger partial charge in [-0.2, -0.15) is 0 Å². The van der Waals surface area contributed by atoms with Crippen LogP contribution in [-0.2, 0) is 4.79 Å². The van der Waals surface area contributed by atoms with Gasteiger partial charge in [0.1, 0.15) is 6.04 Å². The summed E-state index contributed by atoms with van der Waals surface area (Å²) < 4.78 is 1.11. The summed E-state index contributed by atoms with van der Waals surface area (Å²) in [5.74, 6) is 0.0203. The molecule has 3 aliphatic rings. The Bertz CT molecular complexity index is 668. The van der Waals surface area contributed by atoms with Gasteiger partial charge < -0.3 is 9.80 Å². The van der Waals surface area contributed by atoms with Crippen LogP contribution in [-0.4, -0.2) is 78.5 Å². The summed E-state index contributed by atoms with van der Waals surface area (Å²) in [5, 5.41) is 0. The lowest BCUT2D eigenvalue weighted by Gasteiger charge is -2.36. The molecule has 3 heterocycles. The van der Waals surface area contributed by atoms with Crippen LogP contribution in [0, 0.1) is 0 Å². The normalized spacial score (nSPS) is 23.9. The first kappa shape index (κ1) is 17.8. The zero-order chi connectivity index (χ0) is 18.1. The van der Waals surface area contributed by atoms with Gasteiger partial charge in [0.2, 0.25) is 0 Å². The molecule has 140 valence electrons. The van der Waals surface area contributed by atoms with Gasteiger partial charge in [-0.3, -0.25) is 14.6 Å². The molecule has 0 aliphatic carbocycles. The molecule has 3 amide bonds. The summed E-state index contributed by atoms with van der Waals surface area (Å²) in [6.45, 7) is 6.28. The molecule has 6 nitrogen and oxygen atoms in total. The molecule has 1 aromatic carbocycles. The average molecular weight is 421 g/mol.